The molecule has 2 aliphatic carbocycles. The highest BCUT2D eigenvalue weighted by Crippen LogP contribution is 2.65. The molecule has 0 saturated carbocycles. The molecule has 2 nitrogen and oxygen atoms in total. The molecule has 1 heterocycles. The van der Waals surface area contributed by atoms with Gasteiger partial charge in [0.15, 0.2) is 0 Å². The first-order chi connectivity index (χ1) is 34.3. The van der Waals surface area contributed by atoms with Gasteiger partial charge in [-0.3, -0.25) is 0 Å². The van der Waals surface area contributed by atoms with Crippen LogP contribution < -0.4 is 4.90 Å². The van der Waals surface area contributed by atoms with E-state index < -0.39 is 5.41 Å². The molecule has 1 spiro atoms. The highest BCUT2D eigenvalue weighted by Gasteiger charge is 2.52. The van der Waals surface area contributed by atoms with Crippen LogP contribution >= 0.6 is 0 Å². The molecule has 1 aromatic heterocycles. The summed E-state index contributed by atoms with van der Waals surface area (Å²) in [6.07, 6.45) is 0. The van der Waals surface area contributed by atoms with Crippen molar-refractivity contribution in [1.82, 2.24) is 4.57 Å². The maximum Gasteiger partial charge on any atom is 0.0726 e. The summed E-state index contributed by atoms with van der Waals surface area (Å²) in [5, 5.41) is 2.46. The fourth-order valence-electron chi connectivity index (χ4n) is 12.2. The molecule has 14 rings (SSSR count). The lowest BCUT2D eigenvalue weighted by Gasteiger charge is -2.34. The second kappa shape index (κ2) is 15.6. The third-order valence-electron chi connectivity index (χ3n) is 14.8. The van der Waals surface area contributed by atoms with E-state index >= 15 is 0 Å². The number of hydrogen-bond acceptors (Lipinski definition) is 1. The molecule has 0 amide bonds. The van der Waals surface area contributed by atoms with Crippen LogP contribution in [-0.2, 0) is 5.41 Å². The van der Waals surface area contributed by atoms with Crippen molar-refractivity contribution in [2.75, 3.05) is 4.90 Å². The van der Waals surface area contributed by atoms with Gasteiger partial charge in [0.1, 0.15) is 0 Å². The molecule has 2 heteroatoms. The second-order valence-corrected chi connectivity index (χ2v) is 18.3. The minimum Gasteiger partial charge on any atom is -0.307 e. The zero-order valence-corrected chi connectivity index (χ0v) is 37.8. The molecule has 0 radical (unpaired) electrons. The molecule has 0 bridgehead atoms. The van der Waals surface area contributed by atoms with E-state index in [9.17, 15) is 0 Å². The first-order valence-electron chi connectivity index (χ1n) is 23.9. The number of fused-ring (bicyclic) bond motifs is 13. The molecule has 12 aromatic rings. The summed E-state index contributed by atoms with van der Waals surface area (Å²) in [7, 11) is 0. The summed E-state index contributed by atoms with van der Waals surface area (Å²) >= 11 is 0. The Kier molecular flexibility index (Phi) is 8.84. The largest absolute Gasteiger partial charge is 0.307 e. The van der Waals surface area contributed by atoms with Crippen molar-refractivity contribution in [3.8, 4) is 61.3 Å². The summed E-state index contributed by atoms with van der Waals surface area (Å²) in [6, 6.07) is 98.8. The van der Waals surface area contributed by atoms with Crippen molar-refractivity contribution in [3.05, 3.63) is 289 Å². The maximum absolute atomic E-state index is 2.60. The van der Waals surface area contributed by atoms with Gasteiger partial charge in [-0.1, -0.05) is 231 Å². The number of aromatic nitrogens is 1. The van der Waals surface area contributed by atoms with E-state index in [0.717, 1.165) is 33.9 Å². The Bertz CT molecular complexity index is 3870. The van der Waals surface area contributed by atoms with E-state index in [1.165, 1.54) is 88.6 Å². The Labute approximate surface area is 402 Å². The van der Waals surface area contributed by atoms with Gasteiger partial charge < -0.3 is 9.47 Å². The monoisotopic (exact) mass is 876 g/mol. The summed E-state index contributed by atoms with van der Waals surface area (Å²) in [4.78, 5) is 2.60. The zero-order chi connectivity index (χ0) is 45.5. The van der Waals surface area contributed by atoms with Crippen molar-refractivity contribution in [1.29, 1.82) is 0 Å². The molecule has 11 aromatic carbocycles. The summed E-state index contributed by atoms with van der Waals surface area (Å²) in [5.74, 6) is 0. The van der Waals surface area contributed by atoms with Crippen molar-refractivity contribution >= 4 is 38.9 Å². The van der Waals surface area contributed by atoms with E-state index in [1.54, 1.807) is 0 Å². The van der Waals surface area contributed by atoms with Crippen molar-refractivity contribution < 1.29 is 0 Å². The number of hydrogen-bond donors (Lipinski definition) is 0. The second-order valence-electron chi connectivity index (χ2n) is 18.3. The smallest absolute Gasteiger partial charge is 0.0726 e. The van der Waals surface area contributed by atoms with Gasteiger partial charge in [0, 0.05) is 21.9 Å². The van der Waals surface area contributed by atoms with Gasteiger partial charge in [-0.05, 0) is 103 Å². The Balaban J connectivity index is 1.15. The summed E-state index contributed by atoms with van der Waals surface area (Å²) in [6.45, 7) is 0. The minimum atomic E-state index is -0.512. The predicted octanol–water partition coefficient (Wildman–Crippen LogP) is 17.6. The molecular weight excluding hydrogens is 833 g/mol. The Hall–Kier alpha value is -8.98. The lowest BCUT2D eigenvalue weighted by molar-refractivity contribution is 0.794. The van der Waals surface area contributed by atoms with Gasteiger partial charge >= 0.3 is 0 Å². The quantitative estimate of drug-likeness (QED) is 0.155. The van der Waals surface area contributed by atoms with E-state index in [-0.39, 0.29) is 0 Å². The fraction of sp³-hybridized carbons (Fsp3) is 0.0149. The zero-order valence-electron chi connectivity index (χ0n) is 37.8. The molecule has 0 atom stereocenters. The SMILES string of the molecule is c1ccc(-c2ccccc2-c2c(-c3ccccc3)cccc2N(c2ccccc2-n2c3ccccc3c3ccccc32)c2cccc3c2-c2ccccc2C32c3ccccc3-c3ccccc32)cc1. The van der Waals surface area contributed by atoms with Gasteiger partial charge in [0.2, 0.25) is 0 Å². The summed E-state index contributed by atoms with van der Waals surface area (Å²) < 4.78 is 2.48. The third-order valence-corrected chi connectivity index (χ3v) is 14.8. The minimum absolute atomic E-state index is 0.512. The van der Waals surface area contributed by atoms with Gasteiger partial charge in [0.05, 0.1) is 39.2 Å². The number of rotatable bonds is 7. The summed E-state index contributed by atoms with van der Waals surface area (Å²) in [5.41, 5.74) is 23.6. The Morgan fingerprint density at radius 1 is 0.261 bits per heavy atom. The topological polar surface area (TPSA) is 8.17 Å². The Morgan fingerprint density at radius 2 is 0.667 bits per heavy atom. The fourth-order valence-corrected chi connectivity index (χ4v) is 12.2. The molecule has 69 heavy (non-hydrogen) atoms. The highest BCUT2D eigenvalue weighted by atomic mass is 15.2. The molecule has 0 fully saturated rings. The average molecular weight is 877 g/mol. The lowest BCUT2D eigenvalue weighted by atomic mass is 9.70. The van der Waals surface area contributed by atoms with Crippen LogP contribution in [-0.4, -0.2) is 4.57 Å². The van der Waals surface area contributed by atoms with Gasteiger partial charge in [0.25, 0.3) is 0 Å². The normalized spacial score (nSPS) is 12.8. The van der Waals surface area contributed by atoms with Crippen LogP contribution in [0.25, 0.3) is 83.1 Å². The average Bonchev–Trinajstić information content (AvgIpc) is 4.04. The van der Waals surface area contributed by atoms with Crippen LogP contribution in [0, 0.1) is 0 Å². The highest BCUT2D eigenvalue weighted by molar-refractivity contribution is 6.11. The van der Waals surface area contributed by atoms with E-state index in [1.807, 2.05) is 0 Å². The third kappa shape index (κ3) is 5.67. The first-order valence-corrected chi connectivity index (χ1v) is 23.9. The van der Waals surface area contributed by atoms with Crippen LogP contribution in [0.15, 0.2) is 267 Å². The number of para-hydroxylation sites is 4. The molecular formula is C67H44N2. The van der Waals surface area contributed by atoms with Crippen LogP contribution in [0.1, 0.15) is 22.3 Å². The Morgan fingerprint density at radius 3 is 1.30 bits per heavy atom. The maximum atomic E-state index is 2.60. The van der Waals surface area contributed by atoms with Gasteiger partial charge in [-0.15, -0.1) is 0 Å². The van der Waals surface area contributed by atoms with Crippen LogP contribution in [0.4, 0.5) is 17.1 Å². The predicted molar refractivity (Wildman–Crippen MR) is 288 cm³/mol. The first kappa shape index (κ1) is 39.2. The lowest BCUT2D eigenvalue weighted by Crippen LogP contribution is -2.26. The van der Waals surface area contributed by atoms with Crippen LogP contribution in [0.5, 0.6) is 0 Å². The molecule has 322 valence electrons. The van der Waals surface area contributed by atoms with Crippen molar-refractivity contribution in [2.45, 2.75) is 5.41 Å². The number of anilines is 3. The van der Waals surface area contributed by atoms with Crippen molar-refractivity contribution in [2.24, 2.45) is 0 Å². The van der Waals surface area contributed by atoms with E-state index in [2.05, 4.69) is 276 Å². The van der Waals surface area contributed by atoms with Crippen molar-refractivity contribution in [3.63, 3.8) is 0 Å². The molecule has 0 unspecified atom stereocenters. The van der Waals surface area contributed by atoms with Crippen LogP contribution in [0.2, 0.25) is 0 Å². The van der Waals surface area contributed by atoms with E-state index in [4.69, 9.17) is 0 Å². The standard InChI is InChI=1S/C67H44N2/c1-3-23-45(24-4-1)47-27-7-8-32-53(47)65-48(46-25-5-2-6-26-46)34-21-43-63(65)69(62-42-20-19-41-61(62)68-59-39-17-12-30-51(59)52-31-13-18-40-60(52)68)64-44-22-38-58-66(64)54-33-11-16-37-57(54)67(58)55-35-14-9-28-49(55)50-29-10-15-36-56(50)67/h1-44H. The van der Waals surface area contributed by atoms with Crippen LogP contribution in [0.3, 0.4) is 0 Å². The number of benzene rings is 11. The van der Waals surface area contributed by atoms with Gasteiger partial charge in [-0.2, -0.15) is 0 Å². The number of nitrogens with zero attached hydrogens (tertiary/aromatic N) is 2. The molecule has 0 N–H and O–H groups in total. The van der Waals surface area contributed by atoms with E-state index in [0.29, 0.717) is 0 Å². The van der Waals surface area contributed by atoms with Gasteiger partial charge in [-0.25, -0.2) is 0 Å². The molecule has 0 saturated heterocycles. The molecule has 0 aliphatic heterocycles. The molecule has 2 aliphatic rings.